The van der Waals surface area contributed by atoms with Crippen LogP contribution in [0.15, 0.2) is 48.5 Å². The van der Waals surface area contributed by atoms with Crippen molar-refractivity contribution in [3.8, 4) is 0 Å². The lowest BCUT2D eigenvalue weighted by molar-refractivity contribution is 0.115. The second-order valence-electron chi connectivity index (χ2n) is 7.74. The highest BCUT2D eigenvalue weighted by Crippen LogP contribution is 2.26. The van der Waals surface area contributed by atoms with Crippen LogP contribution in [-0.4, -0.2) is 73.1 Å². The Balaban J connectivity index is 0.00000363. The highest BCUT2D eigenvalue weighted by Gasteiger charge is 2.23. The molecule has 8 heteroatoms. The lowest BCUT2D eigenvalue weighted by atomic mass is 10.2. The van der Waals surface area contributed by atoms with Crippen LogP contribution in [0, 0.1) is 11.6 Å². The molecular formula is C24H33ClF2N4O. The molecule has 2 aromatic rings. The van der Waals surface area contributed by atoms with Crippen molar-refractivity contribution in [2.45, 2.75) is 20.3 Å². The van der Waals surface area contributed by atoms with E-state index in [1.165, 1.54) is 24.3 Å². The Labute approximate surface area is 196 Å². The maximum Gasteiger partial charge on any atom is 0.320 e. The van der Waals surface area contributed by atoms with Crippen molar-refractivity contribution in [1.82, 2.24) is 14.7 Å². The van der Waals surface area contributed by atoms with Crippen LogP contribution < -0.4 is 4.90 Å². The number of piperazine rings is 1. The van der Waals surface area contributed by atoms with E-state index in [9.17, 15) is 13.6 Å². The molecular weight excluding hydrogens is 434 g/mol. The van der Waals surface area contributed by atoms with Crippen molar-refractivity contribution in [2.24, 2.45) is 0 Å². The molecule has 1 fully saturated rings. The third-order valence-electron chi connectivity index (χ3n) is 5.81. The van der Waals surface area contributed by atoms with Crippen LogP contribution in [0.4, 0.5) is 25.0 Å². The molecule has 0 aliphatic carbocycles. The molecule has 0 spiro atoms. The van der Waals surface area contributed by atoms with E-state index >= 15 is 0 Å². The summed E-state index contributed by atoms with van der Waals surface area (Å²) < 4.78 is 26.8. The molecule has 1 aliphatic rings. The minimum absolute atomic E-state index is 0. The summed E-state index contributed by atoms with van der Waals surface area (Å²) in [7, 11) is 0. The van der Waals surface area contributed by atoms with Gasteiger partial charge in [-0.25, -0.2) is 13.6 Å². The van der Waals surface area contributed by atoms with E-state index in [0.717, 1.165) is 70.2 Å². The quantitative estimate of drug-likeness (QED) is 0.548. The normalized spacial score (nSPS) is 14.1. The summed E-state index contributed by atoms with van der Waals surface area (Å²) in [5.41, 5.74) is 1.75. The van der Waals surface area contributed by atoms with Crippen molar-refractivity contribution in [3.63, 3.8) is 0 Å². The van der Waals surface area contributed by atoms with Gasteiger partial charge in [0.05, 0.1) is 0 Å². The number of benzene rings is 2. The Morgan fingerprint density at radius 1 is 0.844 bits per heavy atom. The van der Waals surface area contributed by atoms with E-state index in [4.69, 9.17) is 0 Å². The number of hydrogen-bond donors (Lipinski definition) is 0. The van der Waals surface area contributed by atoms with E-state index in [1.54, 1.807) is 24.3 Å². The first-order valence-corrected chi connectivity index (χ1v) is 11.1. The van der Waals surface area contributed by atoms with Crippen LogP contribution >= 0.6 is 12.4 Å². The lowest BCUT2D eigenvalue weighted by Crippen LogP contribution is -2.53. The summed E-state index contributed by atoms with van der Waals surface area (Å²) in [5.74, 6) is -0.556. The first-order chi connectivity index (χ1) is 15.0. The van der Waals surface area contributed by atoms with Gasteiger partial charge in [-0.3, -0.25) is 4.90 Å². The van der Waals surface area contributed by atoms with Gasteiger partial charge >= 0.3 is 6.03 Å². The Bertz CT molecular complexity index is 777. The number of rotatable bonds is 8. The molecule has 0 bridgehead atoms. The monoisotopic (exact) mass is 466 g/mol. The van der Waals surface area contributed by atoms with Crippen molar-refractivity contribution >= 4 is 29.8 Å². The molecule has 0 aromatic heterocycles. The van der Waals surface area contributed by atoms with Gasteiger partial charge in [0.15, 0.2) is 0 Å². The van der Waals surface area contributed by atoms with Gasteiger partial charge in [-0.2, -0.15) is 0 Å². The van der Waals surface area contributed by atoms with E-state index < -0.39 is 0 Å². The number of nitrogens with zero attached hydrogens (tertiary/aromatic N) is 4. The van der Waals surface area contributed by atoms with Crippen LogP contribution in [-0.2, 0) is 0 Å². The fraction of sp³-hybridized carbons (Fsp3) is 0.458. The molecule has 176 valence electrons. The van der Waals surface area contributed by atoms with Crippen molar-refractivity contribution in [1.29, 1.82) is 0 Å². The Kier molecular flexibility index (Phi) is 10.2. The van der Waals surface area contributed by atoms with Gasteiger partial charge in [0.2, 0.25) is 0 Å². The van der Waals surface area contributed by atoms with Gasteiger partial charge in [0.1, 0.15) is 11.6 Å². The second kappa shape index (κ2) is 12.6. The van der Waals surface area contributed by atoms with Gasteiger partial charge in [-0.1, -0.05) is 0 Å². The lowest BCUT2D eigenvalue weighted by Gasteiger charge is -2.37. The van der Waals surface area contributed by atoms with Crippen LogP contribution in [0.5, 0.6) is 0 Å². The van der Waals surface area contributed by atoms with Crippen molar-refractivity contribution < 1.29 is 13.6 Å². The SMILES string of the molecule is CCN(CC)C(=O)N1CCN(CCCN(c2ccc(F)cc2)c2ccc(F)cc2)CC1.Cl. The number of anilines is 2. The maximum atomic E-state index is 13.4. The van der Waals surface area contributed by atoms with Crippen molar-refractivity contribution in [3.05, 3.63) is 60.2 Å². The van der Waals surface area contributed by atoms with Crippen LogP contribution in [0.25, 0.3) is 0 Å². The number of hydrogen-bond acceptors (Lipinski definition) is 3. The fourth-order valence-corrected chi connectivity index (χ4v) is 3.96. The van der Waals surface area contributed by atoms with Crippen LogP contribution in [0.2, 0.25) is 0 Å². The summed E-state index contributed by atoms with van der Waals surface area (Å²) in [6, 6.07) is 12.9. The minimum atomic E-state index is -0.278. The maximum absolute atomic E-state index is 13.4. The number of urea groups is 1. The average molecular weight is 467 g/mol. The van der Waals surface area contributed by atoms with Gasteiger partial charge in [0.25, 0.3) is 0 Å². The molecule has 5 nitrogen and oxygen atoms in total. The van der Waals surface area contributed by atoms with E-state index in [1.807, 2.05) is 23.6 Å². The van der Waals surface area contributed by atoms with Crippen LogP contribution in [0.3, 0.4) is 0 Å². The molecule has 0 N–H and O–H groups in total. The van der Waals surface area contributed by atoms with E-state index in [-0.39, 0.29) is 30.1 Å². The molecule has 3 rings (SSSR count). The largest absolute Gasteiger partial charge is 0.341 e. The zero-order valence-electron chi connectivity index (χ0n) is 18.8. The molecule has 0 radical (unpaired) electrons. The number of carbonyl (C=O) groups is 1. The van der Waals surface area contributed by atoms with E-state index in [0.29, 0.717) is 0 Å². The third-order valence-corrected chi connectivity index (χ3v) is 5.81. The van der Waals surface area contributed by atoms with Gasteiger partial charge in [-0.05, 0) is 75.3 Å². The molecule has 2 aromatic carbocycles. The summed E-state index contributed by atoms with van der Waals surface area (Å²) in [5, 5.41) is 0. The van der Waals surface area contributed by atoms with Crippen molar-refractivity contribution in [2.75, 3.05) is 57.3 Å². The topological polar surface area (TPSA) is 30.0 Å². The van der Waals surface area contributed by atoms with Gasteiger partial charge < -0.3 is 14.7 Å². The average Bonchev–Trinajstić information content (AvgIpc) is 2.79. The Morgan fingerprint density at radius 2 is 1.31 bits per heavy atom. The molecule has 1 saturated heterocycles. The zero-order valence-corrected chi connectivity index (χ0v) is 19.7. The zero-order chi connectivity index (χ0) is 22.2. The molecule has 1 aliphatic heterocycles. The predicted molar refractivity (Wildman–Crippen MR) is 128 cm³/mol. The summed E-state index contributed by atoms with van der Waals surface area (Å²) in [6.45, 7) is 10.3. The highest BCUT2D eigenvalue weighted by atomic mass is 35.5. The van der Waals surface area contributed by atoms with Gasteiger partial charge in [0, 0.05) is 57.2 Å². The molecule has 2 amide bonds. The third kappa shape index (κ3) is 6.81. The molecule has 32 heavy (non-hydrogen) atoms. The molecule has 0 atom stereocenters. The molecule has 1 heterocycles. The van der Waals surface area contributed by atoms with Gasteiger partial charge in [-0.15, -0.1) is 12.4 Å². The molecule has 0 saturated carbocycles. The Hall–Kier alpha value is -2.38. The number of carbonyl (C=O) groups excluding carboxylic acids is 1. The van der Waals surface area contributed by atoms with Crippen LogP contribution in [0.1, 0.15) is 20.3 Å². The standard InChI is InChI=1S/C24H32F2N4O.ClH/c1-3-28(4-2)24(31)29-18-16-27(17-19-29)14-5-15-30(22-10-6-20(25)7-11-22)23-12-8-21(26)9-13-23;/h6-13H,3-5,14-19H2,1-2H3;1H. The highest BCUT2D eigenvalue weighted by molar-refractivity contribution is 5.85. The smallest absolute Gasteiger partial charge is 0.320 e. The fourth-order valence-electron chi connectivity index (χ4n) is 3.96. The first-order valence-electron chi connectivity index (χ1n) is 11.1. The second-order valence-corrected chi connectivity index (χ2v) is 7.74. The minimum Gasteiger partial charge on any atom is -0.341 e. The molecule has 0 unspecified atom stereocenters. The first kappa shape index (κ1) is 25.9. The summed E-state index contributed by atoms with van der Waals surface area (Å²) in [4.78, 5) is 20.8. The van der Waals surface area contributed by atoms with E-state index in [2.05, 4.69) is 9.80 Å². The summed E-state index contributed by atoms with van der Waals surface area (Å²) in [6.07, 6.45) is 0.902. The number of amides is 2. The summed E-state index contributed by atoms with van der Waals surface area (Å²) >= 11 is 0. The predicted octanol–water partition coefficient (Wildman–Crippen LogP) is 4.99. The number of halogens is 3. The Morgan fingerprint density at radius 3 is 1.75 bits per heavy atom.